The minimum absolute atomic E-state index is 0.163. The molecule has 8 heteroatoms. The van der Waals surface area contributed by atoms with E-state index in [1.807, 2.05) is 18.2 Å². The van der Waals surface area contributed by atoms with Crippen molar-refractivity contribution in [3.05, 3.63) is 59.5 Å². The molecule has 0 bridgehead atoms. The van der Waals surface area contributed by atoms with Gasteiger partial charge in [0.2, 0.25) is 0 Å². The first-order chi connectivity index (χ1) is 14.1. The highest BCUT2D eigenvalue weighted by Crippen LogP contribution is 2.33. The largest absolute Gasteiger partial charge is 0.489 e. The SMILES string of the molecule is O=C1CCNC(=O)C1N1Cc2c(OCc3ccc4ocnc4c3)cccc2C1=O. The van der Waals surface area contributed by atoms with E-state index in [9.17, 15) is 14.4 Å². The molecule has 29 heavy (non-hydrogen) atoms. The van der Waals surface area contributed by atoms with Crippen molar-refractivity contribution in [2.45, 2.75) is 25.6 Å². The number of nitrogens with zero attached hydrogens (tertiary/aromatic N) is 2. The molecule has 2 amide bonds. The first kappa shape index (κ1) is 17.4. The molecule has 0 radical (unpaired) electrons. The van der Waals surface area contributed by atoms with E-state index in [2.05, 4.69) is 10.3 Å². The summed E-state index contributed by atoms with van der Waals surface area (Å²) >= 11 is 0. The number of hydrogen-bond donors (Lipinski definition) is 1. The Bertz CT molecular complexity index is 1140. The molecule has 2 aliphatic rings. The number of Topliss-reactive ketones (excluding diaryl/α,β-unsaturated/α-hetero) is 1. The Hall–Kier alpha value is -3.68. The van der Waals surface area contributed by atoms with Crippen molar-refractivity contribution >= 4 is 28.7 Å². The highest BCUT2D eigenvalue weighted by Gasteiger charge is 2.42. The number of carbonyl (C=O) groups is 3. The fourth-order valence-electron chi connectivity index (χ4n) is 3.83. The minimum Gasteiger partial charge on any atom is -0.489 e. The molecular weight excluding hydrogens is 374 g/mol. The fourth-order valence-corrected chi connectivity index (χ4v) is 3.83. The van der Waals surface area contributed by atoms with Crippen LogP contribution in [0.15, 0.2) is 47.2 Å². The third kappa shape index (κ3) is 2.93. The minimum atomic E-state index is -1.08. The third-order valence-electron chi connectivity index (χ3n) is 5.28. The third-order valence-corrected chi connectivity index (χ3v) is 5.28. The number of amides is 2. The van der Waals surface area contributed by atoms with Gasteiger partial charge >= 0.3 is 0 Å². The number of ketones is 1. The van der Waals surface area contributed by atoms with Gasteiger partial charge in [0.15, 0.2) is 23.8 Å². The van der Waals surface area contributed by atoms with Gasteiger partial charge in [-0.15, -0.1) is 0 Å². The van der Waals surface area contributed by atoms with Crippen LogP contribution in [-0.4, -0.2) is 40.1 Å². The molecule has 5 rings (SSSR count). The average molecular weight is 391 g/mol. The Balaban J connectivity index is 1.39. The molecule has 0 saturated carbocycles. The van der Waals surface area contributed by atoms with Gasteiger partial charge in [-0.25, -0.2) is 4.98 Å². The molecule has 1 aromatic heterocycles. The lowest BCUT2D eigenvalue weighted by molar-refractivity contribution is -0.137. The summed E-state index contributed by atoms with van der Waals surface area (Å²) in [5.74, 6) is -0.434. The Morgan fingerprint density at radius 3 is 2.97 bits per heavy atom. The highest BCUT2D eigenvalue weighted by molar-refractivity contribution is 6.12. The summed E-state index contributed by atoms with van der Waals surface area (Å²) in [5, 5.41) is 2.66. The summed E-state index contributed by atoms with van der Waals surface area (Å²) in [5.41, 5.74) is 3.50. The van der Waals surface area contributed by atoms with Gasteiger partial charge in [-0.05, 0) is 29.8 Å². The zero-order valence-corrected chi connectivity index (χ0v) is 15.4. The second-order valence-electron chi connectivity index (χ2n) is 7.07. The summed E-state index contributed by atoms with van der Waals surface area (Å²) in [6, 6.07) is 9.73. The van der Waals surface area contributed by atoms with E-state index in [-0.39, 0.29) is 31.3 Å². The van der Waals surface area contributed by atoms with E-state index in [4.69, 9.17) is 9.15 Å². The molecule has 146 valence electrons. The van der Waals surface area contributed by atoms with Gasteiger partial charge in [0.25, 0.3) is 11.8 Å². The van der Waals surface area contributed by atoms with Gasteiger partial charge in [-0.1, -0.05) is 12.1 Å². The van der Waals surface area contributed by atoms with Gasteiger partial charge in [-0.2, -0.15) is 0 Å². The van der Waals surface area contributed by atoms with Crippen LogP contribution >= 0.6 is 0 Å². The van der Waals surface area contributed by atoms with Crippen LogP contribution in [-0.2, 0) is 22.7 Å². The molecule has 0 spiro atoms. The predicted molar refractivity (Wildman–Crippen MR) is 101 cm³/mol. The Morgan fingerprint density at radius 2 is 2.10 bits per heavy atom. The quantitative estimate of drug-likeness (QED) is 0.681. The highest BCUT2D eigenvalue weighted by atomic mass is 16.5. The maximum atomic E-state index is 12.8. The smallest absolute Gasteiger partial charge is 0.255 e. The van der Waals surface area contributed by atoms with Gasteiger partial charge in [0.05, 0.1) is 6.54 Å². The zero-order valence-electron chi connectivity index (χ0n) is 15.4. The number of ether oxygens (including phenoxy) is 1. The summed E-state index contributed by atoms with van der Waals surface area (Å²) in [7, 11) is 0. The molecule has 1 unspecified atom stereocenters. The van der Waals surface area contributed by atoms with E-state index in [0.29, 0.717) is 29.0 Å². The number of rotatable bonds is 4. The number of oxazole rings is 1. The van der Waals surface area contributed by atoms with Gasteiger partial charge in [0.1, 0.15) is 17.9 Å². The number of fused-ring (bicyclic) bond motifs is 2. The summed E-state index contributed by atoms with van der Waals surface area (Å²) in [6.45, 7) is 0.764. The Kier molecular flexibility index (Phi) is 4.04. The molecule has 1 fully saturated rings. The van der Waals surface area contributed by atoms with Crippen LogP contribution in [0.25, 0.3) is 11.1 Å². The number of carbonyl (C=O) groups excluding carboxylic acids is 3. The van der Waals surface area contributed by atoms with Crippen LogP contribution in [0, 0.1) is 0 Å². The fraction of sp³-hybridized carbons (Fsp3) is 0.238. The standard InChI is InChI=1S/C21H17N3O5/c25-16-6-7-22-20(26)19(16)24-9-14-13(21(24)27)2-1-3-17(14)28-10-12-4-5-18-15(8-12)23-11-29-18/h1-5,8,11,19H,6-7,9-10H2,(H,22,26). The number of hydrogen-bond acceptors (Lipinski definition) is 6. The first-order valence-corrected chi connectivity index (χ1v) is 9.30. The Morgan fingerprint density at radius 1 is 1.21 bits per heavy atom. The van der Waals surface area contributed by atoms with E-state index in [0.717, 1.165) is 11.1 Å². The number of benzene rings is 2. The Labute approximate surface area is 165 Å². The average Bonchev–Trinajstić information content (AvgIpc) is 3.31. The second-order valence-corrected chi connectivity index (χ2v) is 7.07. The normalized spacial score (nSPS) is 18.8. The van der Waals surface area contributed by atoms with E-state index < -0.39 is 11.9 Å². The van der Waals surface area contributed by atoms with Crippen LogP contribution in [0.5, 0.6) is 5.75 Å². The molecule has 2 aromatic carbocycles. The number of aromatic nitrogens is 1. The lowest BCUT2D eigenvalue weighted by Crippen LogP contribution is -2.55. The van der Waals surface area contributed by atoms with Crippen LogP contribution in [0.3, 0.4) is 0 Å². The molecule has 3 aromatic rings. The van der Waals surface area contributed by atoms with E-state index >= 15 is 0 Å². The van der Waals surface area contributed by atoms with E-state index in [1.54, 1.807) is 18.2 Å². The van der Waals surface area contributed by atoms with Crippen molar-refractivity contribution in [3.8, 4) is 5.75 Å². The molecule has 0 aliphatic carbocycles. The van der Waals surface area contributed by atoms with Gasteiger partial charge in [-0.3, -0.25) is 14.4 Å². The second kappa shape index (κ2) is 6.73. The number of piperidine rings is 1. The van der Waals surface area contributed by atoms with Crippen molar-refractivity contribution < 1.29 is 23.5 Å². The molecule has 2 aliphatic heterocycles. The summed E-state index contributed by atoms with van der Waals surface area (Å²) in [6.07, 6.45) is 1.62. The van der Waals surface area contributed by atoms with Gasteiger partial charge < -0.3 is 19.4 Å². The number of nitrogens with one attached hydrogen (secondary N) is 1. The maximum Gasteiger partial charge on any atom is 0.255 e. The molecule has 8 nitrogen and oxygen atoms in total. The van der Waals surface area contributed by atoms with Crippen LogP contribution in [0.4, 0.5) is 0 Å². The van der Waals surface area contributed by atoms with Crippen molar-refractivity contribution in [2.75, 3.05) is 6.54 Å². The van der Waals surface area contributed by atoms with Crippen molar-refractivity contribution in [1.82, 2.24) is 15.2 Å². The molecule has 1 atom stereocenters. The summed E-state index contributed by atoms with van der Waals surface area (Å²) < 4.78 is 11.2. The molecular formula is C21H17N3O5. The monoisotopic (exact) mass is 391 g/mol. The van der Waals surface area contributed by atoms with Crippen LogP contribution < -0.4 is 10.1 Å². The lowest BCUT2D eigenvalue weighted by Gasteiger charge is -2.28. The van der Waals surface area contributed by atoms with Crippen LogP contribution in [0.2, 0.25) is 0 Å². The molecule has 3 heterocycles. The molecule has 1 N–H and O–H groups in total. The first-order valence-electron chi connectivity index (χ1n) is 9.30. The maximum absolute atomic E-state index is 12.8. The summed E-state index contributed by atoms with van der Waals surface area (Å²) in [4.78, 5) is 42.8. The lowest BCUT2D eigenvalue weighted by atomic mass is 10.0. The predicted octanol–water partition coefficient (Wildman–Crippen LogP) is 1.82. The van der Waals surface area contributed by atoms with Crippen molar-refractivity contribution in [1.29, 1.82) is 0 Å². The van der Waals surface area contributed by atoms with Gasteiger partial charge in [0, 0.05) is 24.1 Å². The molecule has 1 saturated heterocycles. The van der Waals surface area contributed by atoms with Crippen LogP contribution in [0.1, 0.15) is 27.9 Å². The van der Waals surface area contributed by atoms with Crippen molar-refractivity contribution in [2.24, 2.45) is 0 Å². The topological polar surface area (TPSA) is 102 Å². The zero-order chi connectivity index (χ0) is 20.0. The van der Waals surface area contributed by atoms with E-state index in [1.165, 1.54) is 11.3 Å². The van der Waals surface area contributed by atoms with Crippen molar-refractivity contribution in [3.63, 3.8) is 0 Å².